The van der Waals surface area contributed by atoms with Gasteiger partial charge in [-0.05, 0) is 12.1 Å². The average molecular weight is 262 g/mol. The Morgan fingerprint density at radius 2 is 2.39 bits per heavy atom. The molecule has 0 radical (unpaired) electrons. The van der Waals surface area contributed by atoms with E-state index >= 15 is 0 Å². The van der Waals surface area contributed by atoms with Crippen molar-refractivity contribution in [2.24, 2.45) is 10.8 Å². The fraction of sp³-hybridized carbons (Fsp3) is 0. The number of nitrogens with one attached hydrogen (secondary N) is 3. The van der Waals surface area contributed by atoms with Gasteiger partial charge in [-0.15, -0.1) is 0 Å². The number of fused-ring (bicyclic) bond motifs is 1. The molecule has 1 heterocycles. The van der Waals surface area contributed by atoms with Crippen LogP contribution in [-0.4, -0.2) is 21.7 Å². The lowest BCUT2D eigenvalue weighted by Crippen LogP contribution is -2.21. The Morgan fingerprint density at radius 3 is 3.06 bits per heavy atom. The Labute approximate surface area is 107 Å². The van der Waals surface area contributed by atoms with Crippen LogP contribution in [0.4, 0.5) is 5.69 Å². The van der Waals surface area contributed by atoms with Crippen LogP contribution in [0.25, 0.3) is 10.9 Å². The first kappa shape index (κ1) is 11.9. The van der Waals surface area contributed by atoms with Gasteiger partial charge < -0.3 is 5.73 Å². The number of halogens is 1. The summed E-state index contributed by atoms with van der Waals surface area (Å²) in [5, 5.41) is 27.4. The van der Waals surface area contributed by atoms with Gasteiger partial charge in [0, 0.05) is 5.39 Å². The van der Waals surface area contributed by atoms with Crippen molar-refractivity contribution in [2.75, 3.05) is 5.43 Å². The minimum Gasteiger partial charge on any atom is -0.382 e. The molecule has 0 aliphatic rings. The Kier molecular flexibility index (Phi) is 3.12. The zero-order valence-electron chi connectivity index (χ0n) is 9.03. The van der Waals surface area contributed by atoms with Gasteiger partial charge in [0.25, 0.3) is 0 Å². The summed E-state index contributed by atoms with van der Waals surface area (Å²) < 4.78 is 0. The zero-order valence-corrected chi connectivity index (χ0v) is 9.78. The molecule has 0 atom stereocenters. The first-order valence-corrected chi connectivity index (χ1v) is 5.20. The van der Waals surface area contributed by atoms with Gasteiger partial charge in [-0.2, -0.15) is 15.5 Å². The number of aromatic nitrogens is 2. The van der Waals surface area contributed by atoms with E-state index in [4.69, 9.17) is 28.0 Å². The summed E-state index contributed by atoms with van der Waals surface area (Å²) in [7, 11) is 0. The van der Waals surface area contributed by atoms with Crippen LogP contribution in [0.5, 0.6) is 0 Å². The van der Waals surface area contributed by atoms with E-state index in [0.717, 1.165) is 10.9 Å². The van der Waals surface area contributed by atoms with E-state index in [1.165, 1.54) is 0 Å². The zero-order chi connectivity index (χ0) is 13.1. The molecule has 90 valence electrons. The quantitative estimate of drug-likeness (QED) is 0.379. The van der Waals surface area contributed by atoms with Crippen molar-refractivity contribution in [3.05, 3.63) is 23.4 Å². The van der Waals surface area contributed by atoms with Crippen LogP contribution in [0.1, 0.15) is 0 Å². The smallest absolute Gasteiger partial charge is 0.201 e. The second-order valence-electron chi connectivity index (χ2n) is 3.39. The molecule has 0 spiro atoms. The topological polar surface area (TPSA) is 127 Å². The maximum absolute atomic E-state index is 8.68. The molecule has 2 rings (SSSR count). The van der Waals surface area contributed by atoms with Crippen molar-refractivity contribution in [2.45, 2.75) is 0 Å². The monoisotopic (exact) mass is 261 g/mol. The van der Waals surface area contributed by atoms with Gasteiger partial charge in [-0.3, -0.25) is 15.9 Å². The van der Waals surface area contributed by atoms with E-state index < -0.39 is 5.84 Å². The van der Waals surface area contributed by atoms with Crippen LogP contribution < -0.4 is 11.2 Å². The van der Waals surface area contributed by atoms with Gasteiger partial charge in [-0.1, -0.05) is 11.6 Å². The van der Waals surface area contributed by atoms with Crippen molar-refractivity contribution in [3.8, 4) is 6.07 Å². The SMILES string of the molecule is N#C/C(=N\Nc1cc(Cl)c2cn[nH]c2c1)C(=N)N. The highest BCUT2D eigenvalue weighted by atomic mass is 35.5. The molecule has 1 aromatic carbocycles. The Morgan fingerprint density at radius 1 is 1.61 bits per heavy atom. The number of hydrogen-bond acceptors (Lipinski definition) is 5. The second-order valence-corrected chi connectivity index (χ2v) is 3.79. The first-order chi connectivity index (χ1) is 8.61. The number of H-pyrrole nitrogens is 1. The molecule has 0 amide bonds. The standard InChI is InChI=1S/C10H8ClN7/c11-7-1-5(2-8-6(7)4-15-17-8)16-18-9(3-12)10(13)14/h1-2,4,16H,(H3,13,14)(H,15,17)/b18-9+. The number of benzene rings is 1. The molecule has 0 aliphatic carbocycles. The molecule has 18 heavy (non-hydrogen) atoms. The van der Waals surface area contributed by atoms with E-state index in [1.807, 2.05) is 0 Å². The highest BCUT2D eigenvalue weighted by molar-refractivity contribution is 6.45. The van der Waals surface area contributed by atoms with Gasteiger partial charge in [0.2, 0.25) is 5.71 Å². The number of aromatic amines is 1. The average Bonchev–Trinajstić information content (AvgIpc) is 2.78. The summed E-state index contributed by atoms with van der Waals surface area (Å²) in [6, 6.07) is 5.07. The van der Waals surface area contributed by atoms with E-state index in [2.05, 4.69) is 20.7 Å². The third-order valence-electron chi connectivity index (χ3n) is 2.17. The number of anilines is 1. The lowest BCUT2D eigenvalue weighted by molar-refractivity contribution is 1.12. The predicted molar refractivity (Wildman–Crippen MR) is 69.7 cm³/mol. The summed E-state index contributed by atoms with van der Waals surface area (Å²) in [4.78, 5) is 0. The molecule has 2 aromatic rings. The third-order valence-corrected chi connectivity index (χ3v) is 2.48. The Hall–Kier alpha value is -2.59. The lowest BCUT2D eigenvalue weighted by Gasteiger charge is -2.02. The molecule has 0 saturated heterocycles. The summed E-state index contributed by atoms with van der Waals surface area (Å²) in [5.41, 5.74) is 8.88. The van der Waals surface area contributed by atoms with Gasteiger partial charge in [0.05, 0.1) is 22.4 Å². The molecule has 0 bridgehead atoms. The highest BCUT2D eigenvalue weighted by Gasteiger charge is 2.05. The first-order valence-electron chi connectivity index (χ1n) is 4.82. The van der Waals surface area contributed by atoms with Gasteiger partial charge in [-0.25, -0.2) is 0 Å². The van der Waals surface area contributed by atoms with Crippen LogP contribution in [0.15, 0.2) is 23.4 Å². The molecule has 5 N–H and O–H groups in total. The molecule has 1 aromatic heterocycles. The van der Waals surface area contributed by atoms with Gasteiger partial charge >= 0.3 is 0 Å². The van der Waals surface area contributed by atoms with Crippen LogP contribution in [0, 0.1) is 16.7 Å². The lowest BCUT2D eigenvalue weighted by atomic mass is 10.2. The maximum Gasteiger partial charge on any atom is 0.201 e. The van der Waals surface area contributed by atoms with Crippen LogP contribution in [-0.2, 0) is 0 Å². The van der Waals surface area contributed by atoms with Crippen molar-refractivity contribution in [1.82, 2.24) is 10.2 Å². The largest absolute Gasteiger partial charge is 0.382 e. The van der Waals surface area contributed by atoms with E-state index in [1.54, 1.807) is 24.4 Å². The number of nitrogens with zero attached hydrogens (tertiary/aromatic N) is 3. The molecule has 0 aliphatic heterocycles. The van der Waals surface area contributed by atoms with Crippen LogP contribution in [0.2, 0.25) is 5.02 Å². The normalized spacial score (nSPS) is 11.2. The molecule has 0 saturated carbocycles. The highest BCUT2D eigenvalue weighted by Crippen LogP contribution is 2.26. The van der Waals surface area contributed by atoms with Crippen LogP contribution >= 0.6 is 11.6 Å². The Bertz CT molecular complexity index is 679. The van der Waals surface area contributed by atoms with Gasteiger partial charge in [0.1, 0.15) is 6.07 Å². The summed E-state index contributed by atoms with van der Waals surface area (Å²) in [6.07, 6.45) is 1.61. The molecule has 7 nitrogen and oxygen atoms in total. The summed E-state index contributed by atoms with van der Waals surface area (Å²) >= 11 is 6.03. The number of nitrogens with two attached hydrogens (primary N) is 1. The van der Waals surface area contributed by atoms with Crippen molar-refractivity contribution in [3.63, 3.8) is 0 Å². The molecular formula is C10H8ClN7. The number of nitriles is 1. The Balaban J connectivity index is 2.33. The molecule has 8 heteroatoms. The van der Waals surface area contributed by atoms with E-state index in [9.17, 15) is 0 Å². The fourth-order valence-corrected chi connectivity index (χ4v) is 1.61. The number of hydrogen-bond donors (Lipinski definition) is 4. The van der Waals surface area contributed by atoms with E-state index in [0.29, 0.717) is 10.7 Å². The van der Waals surface area contributed by atoms with Crippen molar-refractivity contribution >= 4 is 39.7 Å². The van der Waals surface area contributed by atoms with Gasteiger partial charge in [0.15, 0.2) is 5.84 Å². The predicted octanol–water partition coefficient (Wildman–Crippen LogP) is 1.44. The van der Waals surface area contributed by atoms with Crippen molar-refractivity contribution in [1.29, 1.82) is 10.7 Å². The fourth-order valence-electron chi connectivity index (χ4n) is 1.34. The summed E-state index contributed by atoms with van der Waals surface area (Å²) in [5.74, 6) is -0.404. The van der Waals surface area contributed by atoms with E-state index in [-0.39, 0.29) is 5.71 Å². The molecular weight excluding hydrogens is 254 g/mol. The van der Waals surface area contributed by atoms with Crippen LogP contribution in [0.3, 0.4) is 0 Å². The molecule has 0 unspecified atom stereocenters. The molecule has 0 fully saturated rings. The van der Waals surface area contributed by atoms with Crippen molar-refractivity contribution < 1.29 is 0 Å². The second kappa shape index (κ2) is 4.73. The number of hydrazone groups is 1. The minimum atomic E-state index is -0.404. The third kappa shape index (κ3) is 2.23. The minimum absolute atomic E-state index is 0.198. The number of amidine groups is 1. The number of rotatable bonds is 3. The maximum atomic E-state index is 8.68. The summed E-state index contributed by atoms with van der Waals surface area (Å²) in [6.45, 7) is 0.